The van der Waals surface area contributed by atoms with Gasteiger partial charge in [0.05, 0.1) is 17.8 Å². The van der Waals surface area contributed by atoms with Crippen molar-refractivity contribution >= 4 is 13.4 Å². The van der Waals surface area contributed by atoms with Gasteiger partial charge in [-0.25, -0.2) is 4.79 Å². The number of aliphatic hydroxyl groups is 3. The lowest BCUT2D eigenvalue weighted by Gasteiger charge is -2.21. The highest BCUT2D eigenvalue weighted by Gasteiger charge is 2.48. The van der Waals surface area contributed by atoms with E-state index in [0.717, 1.165) is 17.4 Å². The Morgan fingerprint density at radius 1 is 1.39 bits per heavy atom. The van der Waals surface area contributed by atoms with Gasteiger partial charge in [0, 0.05) is 12.6 Å². The third-order valence-electron chi connectivity index (χ3n) is 4.21. The second-order valence-corrected chi connectivity index (χ2v) is 8.22. The molecule has 0 aromatic carbocycles. The first-order chi connectivity index (χ1) is 13.0. The molecule has 28 heavy (non-hydrogen) atoms. The van der Waals surface area contributed by atoms with E-state index in [-0.39, 0.29) is 11.4 Å². The minimum Gasteiger partial charge on any atom is -0.390 e. The van der Waals surface area contributed by atoms with Gasteiger partial charge in [-0.05, 0) is 6.42 Å². The molecule has 2 rings (SSSR count). The molecule has 0 aliphatic carbocycles. The lowest BCUT2D eigenvalue weighted by molar-refractivity contribution is -0.0802. The van der Waals surface area contributed by atoms with E-state index in [9.17, 15) is 24.7 Å². The zero-order chi connectivity index (χ0) is 21.1. The molecule has 0 radical (unpaired) electrons. The van der Waals surface area contributed by atoms with E-state index in [2.05, 4.69) is 16.8 Å². The largest absolute Gasteiger partial charge is 0.390 e. The molecule has 2 heterocycles. The number of aliphatic hydroxyl groups excluding tert-OH is 3. The third-order valence-corrected chi connectivity index (χ3v) is 5.06. The molecule has 1 fully saturated rings. The van der Waals surface area contributed by atoms with Crippen LogP contribution in [0.5, 0.6) is 0 Å². The number of nitrogens with zero attached hydrogens (tertiary/aromatic N) is 2. The first-order valence-corrected chi connectivity index (χ1v) is 10.5. The van der Waals surface area contributed by atoms with Crippen molar-refractivity contribution in [3.63, 3.8) is 0 Å². The molecule has 1 aliphatic heterocycles. The number of hydrogen-bond donors (Lipinski definition) is 6. The van der Waals surface area contributed by atoms with E-state index < -0.39 is 50.1 Å². The van der Waals surface area contributed by atoms with Crippen LogP contribution >= 0.6 is 7.60 Å². The van der Waals surface area contributed by atoms with Crippen molar-refractivity contribution in [2.45, 2.75) is 56.8 Å². The number of nitrogens with two attached hydrogens (primary N) is 1. The molecule has 1 aromatic rings. The van der Waals surface area contributed by atoms with Gasteiger partial charge >= 0.3 is 13.3 Å². The van der Waals surface area contributed by atoms with Gasteiger partial charge in [-0.3, -0.25) is 9.13 Å². The molecular formula is C16H24N3O8P. The molecule has 1 aromatic heterocycles. The number of unbranched alkanes of at least 4 members (excludes halogenated alkanes) is 2. The minimum atomic E-state index is -4.59. The molecule has 0 amide bonds. The van der Waals surface area contributed by atoms with Crippen molar-refractivity contribution in [3.05, 3.63) is 22.2 Å². The van der Waals surface area contributed by atoms with Gasteiger partial charge in [-0.15, -0.1) is 0 Å². The van der Waals surface area contributed by atoms with E-state index >= 15 is 0 Å². The molecule has 11 nitrogen and oxygen atoms in total. The van der Waals surface area contributed by atoms with E-state index in [1.165, 1.54) is 6.20 Å². The van der Waals surface area contributed by atoms with Crippen LogP contribution in [0.4, 0.5) is 5.82 Å². The predicted molar refractivity (Wildman–Crippen MR) is 98.2 cm³/mol. The van der Waals surface area contributed by atoms with Crippen LogP contribution in [0.2, 0.25) is 0 Å². The Kier molecular flexibility index (Phi) is 7.36. The number of ether oxygens (including phenoxy) is 1. The van der Waals surface area contributed by atoms with Crippen LogP contribution in [0.1, 0.15) is 38.0 Å². The highest BCUT2D eigenvalue weighted by Crippen LogP contribution is 2.39. The van der Waals surface area contributed by atoms with Crippen LogP contribution in [0.3, 0.4) is 0 Å². The molecule has 12 heteroatoms. The molecule has 156 valence electrons. The van der Waals surface area contributed by atoms with Gasteiger partial charge in [0.15, 0.2) is 6.23 Å². The molecule has 1 aliphatic rings. The lowest BCUT2D eigenvalue weighted by atomic mass is 10.1. The zero-order valence-corrected chi connectivity index (χ0v) is 16.1. The molecule has 7 N–H and O–H groups in total. The first-order valence-electron chi connectivity index (χ1n) is 8.67. The summed E-state index contributed by atoms with van der Waals surface area (Å²) in [6.45, 7) is 2.01. The number of rotatable bonds is 6. The topological polar surface area (TPSA) is 188 Å². The van der Waals surface area contributed by atoms with Crippen molar-refractivity contribution in [1.82, 2.24) is 9.55 Å². The Morgan fingerprint density at radius 3 is 2.68 bits per heavy atom. The Labute approximate surface area is 161 Å². The van der Waals surface area contributed by atoms with Crippen LogP contribution in [0.15, 0.2) is 11.0 Å². The van der Waals surface area contributed by atoms with Gasteiger partial charge in [-0.2, -0.15) is 4.98 Å². The summed E-state index contributed by atoms with van der Waals surface area (Å²) in [6, 6.07) is 0. The van der Waals surface area contributed by atoms with Crippen molar-refractivity contribution in [1.29, 1.82) is 0 Å². The summed E-state index contributed by atoms with van der Waals surface area (Å²) >= 11 is 0. The average Bonchev–Trinajstić information content (AvgIpc) is 2.87. The molecule has 0 saturated carbocycles. The maximum atomic E-state index is 12.2. The van der Waals surface area contributed by atoms with Gasteiger partial charge in [0.2, 0.25) is 0 Å². The van der Waals surface area contributed by atoms with E-state index in [1.807, 2.05) is 6.92 Å². The Balaban J connectivity index is 2.29. The van der Waals surface area contributed by atoms with Crippen LogP contribution < -0.4 is 11.4 Å². The minimum absolute atomic E-state index is 0.101. The van der Waals surface area contributed by atoms with Crippen LogP contribution in [-0.2, 0) is 9.30 Å². The standard InChI is InChI=1S/C16H24N3O8P/c1-2-3-4-5-6-9-7-19(16(23)18-14(9)17)15-12(22)11(21)13(27-15)10(20)8-28(24,25)26/h7,10-13,15,20-22H,2-4,8H2,1H3,(H2,17,18,23)(H2,24,25,26)/t10-,11+,12-,13-,15-/m1/s1. The molecular weight excluding hydrogens is 393 g/mol. The fraction of sp³-hybridized carbons (Fsp3) is 0.625. The van der Waals surface area contributed by atoms with Crippen LogP contribution in [0.25, 0.3) is 0 Å². The van der Waals surface area contributed by atoms with E-state index in [0.29, 0.717) is 6.42 Å². The fourth-order valence-corrected chi connectivity index (χ4v) is 3.46. The Morgan fingerprint density at radius 2 is 2.07 bits per heavy atom. The number of anilines is 1. The summed E-state index contributed by atoms with van der Waals surface area (Å²) in [7, 11) is -4.59. The van der Waals surface area contributed by atoms with Crippen molar-refractivity contribution < 1.29 is 34.4 Å². The second-order valence-electron chi connectivity index (χ2n) is 6.52. The highest BCUT2D eigenvalue weighted by atomic mass is 31.2. The predicted octanol–water partition coefficient (Wildman–Crippen LogP) is -1.47. The summed E-state index contributed by atoms with van der Waals surface area (Å²) < 4.78 is 17.3. The maximum absolute atomic E-state index is 12.2. The van der Waals surface area contributed by atoms with Gasteiger partial charge in [0.25, 0.3) is 0 Å². The molecule has 0 spiro atoms. The third kappa shape index (κ3) is 5.40. The number of nitrogen functional groups attached to an aromatic ring is 1. The fourth-order valence-electron chi connectivity index (χ4n) is 2.76. The smallest absolute Gasteiger partial charge is 0.351 e. The summed E-state index contributed by atoms with van der Waals surface area (Å²) in [6.07, 6.45) is -5.35. The maximum Gasteiger partial charge on any atom is 0.351 e. The monoisotopic (exact) mass is 417 g/mol. The van der Waals surface area contributed by atoms with E-state index in [4.69, 9.17) is 20.3 Å². The molecule has 5 atom stereocenters. The summed E-state index contributed by atoms with van der Waals surface area (Å²) in [5.41, 5.74) is 5.05. The zero-order valence-electron chi connectivity index (χ0n) is 15.2. The summed E-state index contributed by atoms with van der Waals surface area (Å²) in [4.78, 5) is 33.8. The van der Waals surface area contributed by atoms with Gasteiger partial charge in [0.1, 0.15) is 24.1 Å². The quantitative estimate of drug-likeness (QED) is 0.181. The number of aromatic nitrogens is 2. The number of hydrogen-bond acceptors (Lipinski definition) is 8. The average molecular weight is 417 g/mol. The summed E-state index contributed by atoms with van der Waals surface area (Å²) in [5, 5.41) is 30.3. The van der Waals surface area contributed by atoms with Crippen LogP contribution in [0, 0.1) is 11.8 Å². The highest BCUT2D eigenvalue weighted by molar-refractivity contribution is 7.51. The second kappa shape index (κ2) is 9.15. The van der Waals surface area contributed by atoms with Gasteiger partial charge < -0.3 is 35.6 Å². The molecule has 1 saturated heterocycles. The van der Waals surface area contributed by atoms with Crippen molar-refractivity contribution in [2.24, 2.45) is 0 Å². The van der Waals surface area contributed by atoms with Crippen molar-refractivity contribution in [2.75, 3.05) is 11.9 Å². The SMILES string of the molecule is CCCCC#Cc1cn([C@@H]2O[C@H]([C@H](O)CP(=O)(O)O)[C@@H](O)[C@H]2O)c(=O)nc1N. The molecule has 0 bridgehead atoms. The molecule has 0 unspecified atom stereocenters. The van der Waals surface area contributed by atoms with E-state index in [1.54, 1.807) is 0 Å². The van der Waals surface area contributed by atoms with Gasteiger partial charge in [-0.1, -0.05) is 25.2 Å². The first kappa shape index (κ1) is 22.5. The van der Waals surface area contributed by atoms with Crippen molar-refractivity contribution in [3.8, 4) is 11.8 Å². The Hall–Kier alpha value is -1.77. The normalized spacial score (nSPS) is 25.9. The Bertz CT molecular complexity index is 858. The van der Waals surface area contributed by atoms with Crippen LogP contribution in [-0.4, -0.2) is 65.2 Å². The summed E-state index contributed by atoms with van der Waals surface area (Å²) in [5.74, 6) is 5.57. The lowest BCUT2D eigenvalue weighted by Crippen LogP contribution is -2.40.